The maximum Gasteiger partial charge on any atom is 0.254 e. The van der Waals surface area contributed by atoms with Crippen LogP contribution >= 0.6 is 0 Å². The molecule has 3 N–H and O–H groups in total. The summed E-state index contributed by atoms with van der Waals surface area (Å²) < 4.78 is 5.40. The molecule has 37 heavy (non-hydrogen) atoms. The summed E-state index contributed by atoms with van der Waals surface area (Å²) >= 11 is 0. The summed E-state index contributed by atoms with van der Waals surface area (Å²) in [7, 11) is 0. The summed E-state index contributed by atoms with van der Waals surface area (Å²) in [4.78, 5) is 24.2. The number of amides is 1. The molecule has 1 fully saturated rings. The number of nitrogens with one attached hydrogen (secondary N) is 2. The number of rotatable bonds is 7. The zero-order valence-corrected chi connectivity index (χ0v) is 20.4. The fourth-order valence-corrected chi connectivity index (χ4v) is 5.34. The second kappa shape index (κ2) is 9.29. The summed E-state index contributed by atoms with van der Waals surface area (Å²) in [6.07, 6.45) is 5.92. The fraction of sp³-hybridized carbons (Fsp3) is 0.296. The zero-order valence-electron chi connectivity index (χ0n) is 20.4. The van der Waals surface area contributed by atoms with Gasteiger partial charge in [0.1, 0.15) is 5.82 Å². The molecule has 2 aliphatic rings. The molecule has 10 nitrogen and oxygen atoms in total. The smallest absolute Gasteiger partial charge is 0.254 e. The lowest BCUT2D eigenvalue weighted by atomic mass is 9.84. The van der Waals surface area contributed by atoms with Crippen molar-refractivity contribution in [3.05, 3.63) is 77.8 Å². The zero-order chi connectivity index (χ0) is 25.4. The van der Waals surface area contributed by atoms with E-state index in [-0.39, 0.29) is 23.9 Å². The van der Waals surface area contributed by atoms with Crippen LogP contribution in [-0.4, -0.2) is 49.2 Å². The Labute approximate surface area is 213 Å². The molecule has 2 aromatic carbocycles. The number of aliphatic hydroxyl groups is 1. The molecule has 6 rings (SSSR count). The van der Waals surface area contributed by atoms with Gasteiger partial charge in [-0.1, -0.05) is 30.3 Å². The lowest BCUT2D eigenvalue weighted by molar-refractivity contribution is 0.0464. The van der Waals surface area contributed by atoms with Crippen molar-refractivity contribution in [2.75, 3.05) is 23.8 Å². The van der Waals surface area contributed by atoms with Gasteiger partial charge in [0.15, 0.2) is 0 Å². The Kier molecular flexibility index (Phi) is 5.80. The number of aromatic nitrogens is 4. The number of aliphatic hydroxyl groups excluding tert-OH is 1. The quantitative estimate of drug-likeness (QED) is 0.343. The minimum atomic E-state index is -0.408. The van der Waals surface area contributed by atoms with Gasteiger partial charge in [-0.3, -0.25) is 4.79 Å². The Hall–Kier alpha value is -4.31. The Bertz CT molecular complexity index is 1430. The van der Waals surface area contributed by atoms with Gasteiger partial charge in [0.2, 0.25) is 12.3 Å². The second-order valence-corrected chi connectivity index (χ2v) is 9.56. The van der Waals surface area contributed by atoms with E-state index >= 15 is 0 Å². The molecule has 2 aliphatic heterocycles. The van der Waals surface area contributed by atoms with Crippen LogP contribution in [0.4, 0.5) is 17.5 Å². The average molecular weight is 498 g/mol. The molecule has 0 spiro atoms. The highest BCUT2D eigenvalue weighted by Crippen LogP contribution is 2.46. The molecule has 4 heterocycles. The largest absolute Gasteiger partial charge is 0.423 e. The second-order valence-electron chi connectivity index (χ2n) is 9.56. The highest BCUT2D eigenvalue weighted by Gasteiger charge is 2.47. The molecule has 4 aromatic rings. The van der Waals surface area contributed by atoms with Gasteiger partial charge in [0.05, 0.1) is 23.8 Å². The van der Waals surface area contributed by atoms with E-state index in [9.17, 15) is 9.90 Å². The molecule has 10 heteroatoms. The minimum absolute atomic E-state index is 0.103. The van der Waals surface area contributed by atoms with Crippen molar-refractivity contribution in [2.24, 2.45) is 0 Å². The first-order valence-electron chi connectivity index (χ1n) is 12.4. The number of benzene rings is 2. The standard InChI is InChI=1S/C27H27N7O3/c1-27-11-5-6-12-34(27)25(36)19-10-9-18(13-21(19)27)30-26-28-14-20(24-33-29-16-37-24)23(32-26)31-22(15-35)17-7-3-2-4-8-17/h2-4,7-10,13-14,16,22,35H,5-6,11-12,15H2,1H3,(H2,28,30,31,32)/t22-,27-/m1/s1. The Morgan fingerprint density at radius 3 is 2.81 bits per heavy atom. The number of carbonyl (C=O) groups is 1. The SMILES string of the molecule is C[C@]12CCCCN1C(=O)c1ccc(Nc3ncc(-c4nnco4)c(N[C@H](CO)c4ccccc4)n3)cc12. The first kappa shape index (κ1) is 23.1. The number of fused-ring (bicyclic) bond motifs is 3. The van der Waals surface area contributed by atoms with Crippen LogP contribution in [0.1, 0.15) is 53.7 Å². The van der Waals surface area contributed by atoms with Crippen LogP contribution in [0, 0.1) is 0 Å². The molecular weight excluding hydrogens is 470 g/mol. The molecule has 1 amide bonds. The van der Waals surface area contributed by atoms with Crippen LogP contribution in [0.15, 0.2) is 65.5 Å². The Morgan fingerprint density at radius 2 is 2.03 bits per heavy atom. The third-order valence-electron chi connectivity index (χ3n) is 7.30. The number of nitrogens with zero attached hydrogens (tertiary/aromatic N) is 5. The predicted molar refractivity (Wildman–Crippen MR) is 137 cm³/mol. The number of piperidine rings is 1. The number of anilines is 3. The van der Waals surface area contributed by atoms with E-state index in [4.69, 9.17) is 9.40 Å². The molecule has 0 bridgehead atoms. The molecule has 1 saturated heterocycles. The van der Waals surface area contributed by atoms with Crippen molar-refractivity contribution < 1.29 is 14.3 Å². The van der Waals surface area contributed by atoms with Crippen molar-refractivity contribution >= 4 is 23.4 Å². The van der Waals surface area contributed by atoms with Gasteiger partial charge < -0.3 is 25.1 Å². The molecule has 0 aliphatic carbocycles. The van der Waals surface area contributed by atoms with Crippen molar-refractivity contribution in [1.82, 2.24) is 25.1 Å². The molecule has 0 saturated carbocycles. The fourth-order valence-electron chi connectivity index (χ4n) is 5.34. The van der Waals surface area contributed by atoms with E-state index in [1.165, 1.54) is 6.39 Å². The monoisotopic (exact) mass is 497 g/mol. The molecule has 188 valence electrons. The van der Waals surface area contributed by atoms with Crippen LogP contribution in [0.3, 0.4) is 0 Å². The predicted octanol–water partition coefficient (Wildman–Crippen LogP) is 4.27. The topological polar surface area (TPSA) is 129 Å². The molecule has 0 radical (unpaired) electrons. The molecule has 2 aromatic heterocycles. The number of hydrogen-bond acceptors (Lipinski definition) is 9. The normalized spacial score (nSPS) is 19.3. The van der Waals surface area contributed by atoms with Gasteiger partial charge in [-0.05, 0) is 55.5 Å². The summed E-state index contributed by atoms with van der Waals surface area (Å²) in [6, 6.07) is 15.0. The number of hydrogen-bond donors (Lipinski definition) is 3. The van der Waals surface area contributed by atoms with Gasteiger partial charge in [0, 0.05) is 24.0 Å². The van der Waals surface area contributed by atoms with Gasteiger partial charge in [-0.15, -0.1) is 10.2 Å². The van der Waals surface area contributed by atoms with Crippen LogP contribution < -0.4 is 10.6 Å². The lowest BCUT2D eigenvalue weighted by Crippen LogP contribution is -2.44. The minimum Gasteiger partial charge on any atom is -0.423 e. The summed E-state index contributed by atoms with van der Waals surface area (Å²) in [5.41, 5.74) is 3.72. The third-order valence-corrected chi connectivity index (χ3v) is 7.30. The van der Waals surface area contributed by atoms with Crippen LogP contribution in [0.2, 0.25) is 0 Å². The van der Waals surface area contributed by atoms with E-state index in [2.05, 4.69) is 32.7 Å². The van der Waals surface area contributed by atoms with Gasteiger partial charge in [0.25, 0.3) is 11.8 Å². The van der Waals surface area contributed by atoms with E-state index in [1.54, 1.807) is 6.20 Å². The van der Waals surface area contributed by atoms with E-state index in [0.29, 0.717) is 17.3 Å². The summed E-state index contributed by atoms with van der Waals surface area (Å²) in [5.74, 6) is 1.16. The average Bonchev–Trinajstić information content (AvgIpc) is 3.54. The van der Waals surface area contributed by atoms with E-state index < -0.39 is 6.04 Å². The first-order chi connectivity index (χ1) is 18.1. The van der Waals surface area contributed by atoms with E-state index in [0.717, 1.165) is 48.2 Å². The van der Waals surface area contributed by atoms with Crippen LogP contribution in [-0.2, 0) is 5.54 Å². The van der Waals surface area contributed by atoms with Crippen molar-refractivity contribution in [3.8, 4) is 11.5 Å². The highest BCUT2D eigenvalue weighted by atomic mass is 16.4. The Morgan fingerprint density at radius 1 is 1.16 bits per heavy atom. The highest BCUT2D eigenvalue weighted by molar-refractivity contribution is 6.00. The van der Waals surface area contributed by atoms with Gasteiger partial charge >= 0.3 is 0 Å². The maximum atomic E-state index is 13.0. The summed E-state index contributed by atoms with van der Waals surface area (Å²) in [6.45, 7) is 2.79. The molecule has 2 atom stereocenters. The number of carbonyl (C=O) groups excluding carboxylic acids is 1. The van der Waals surface area contributed by atoms with Crippen molar-refractivity contribution in [3.63, 3.8) is 0 Å². The molecular formula is C27H27N7O3. The first-order valence-corrected chi connectivity index (χ1v) is 12.4. The Balaban J connectivity index is 1.33. The third kappa shape index (κ3) is 4.09. The van der Waals surface area contributed by atoms with Crippen LogP contribution in [0.5, 0.6) is 0 Å². The van der Waals surface area contributed by atoms with Crippen LogP contribution in [0.25, 0.3) is 11.5 Å². The molecule has 0 unspecified atom stereocenters. The van der Waals surface area contributed by atoms with E-state index in [1.807, 2.05) is 53.4 Å². The van der Waals surface area contributed by atoms with Gasteiger partial charge in [-0.2, -0.15) is 4.98 Å². The van der Waals surface area contributed by atoms with Gasteiger partial charge in [-0.25, -0.2) is 4.98 Å². The summed E-state index contributed by atoms with van der Waals surface area (Å²) in [5, 5.41) is 24.4. The van der Waals surface area contributed by atoms with Crippen molar-refractivity contribution in [1.29, 1.82) is 0 Å². The lowest BCUT2D eigenvalue weighted by Gasteiger charge is -2.40. The maximum absolute atomic E-state index is 13.0. The van der Waals surface area contributed by atoms with Crippen molar-refractivity contribution in [2.45, 2.75) is 37.8 Å².